The zero-order chi connectivity index (χ0) is 16.9. The summed E-state index contributed by atoms with van der Waals surface area (Å²) in [7, 11) is 0. The van der Waals surface area contributed by atoms with Crippen LogP contribution in [0.15, 0.2) is 47.8 Å². The number of piperidine rings is 1. The van der Waals surface area contributed by atoms with Gasteiger partial charge in [-0.3, -0.25) is 9.59 Å². The van der Waals surface area contributed by atoms with Crippen LogP contribution in [0, 0.1) is 5.92 Å². The smallest absolute Gasteiger partial charge is 0.263 e. The Morgan fingerprint density at radius 1 is 1.21 bits per heavy atom. The lowest BCUT2D eigenvalue weighted by Crippen LogP contribution is -2.45. The number of benzene rings is 1. The molecule has 1 N–H and O–H groups in total. The highest BCUT2D eigenvalue weighted by Crippen LogP contribution is 2.22. The Labute approximate surface area is 146 Å². The first-order valence-corrected chi connectivity index (χ1v) is 9.21. The first kappa shape index (κ1) is 16.7. The molecule has 1 saturated heterocycles. The van der Waals surface area contributed by atoms with Gasteiger partial charge in [-0.1, -0.05) is 36.4 Å². The number of carbonyl (C=O) groups is 2. The van der Waals surface area contributed by atoms with Crippen molar-refractivity contribution in [2.45, 2.75) is 25.8 Å². The summed E-state index contributed by atoms with van der Waals surface area (Å²) in [6, 6.07) is 13.6. The van der Waals surface area contributed by atoms with Crippen LogP contribution in [0.4, 0.5) is 0 Å². The fourth-order valence-corrected chi connectivity index (χ4v) is 3.78. The quantitative estimate of drug-likeness (QED) is 0.925. The Balaban J connectivity index is 1.60. The summed E-state index contributed by atoms with van der Waals surface area (Å²) in [6.07, 6.45) is 1.70. The summed E-state index contributed by atoms with van der Waals surface area (Å²) in [5.41, 5.74) is 1.09. The van der Waals surface area contributed by atoms with E-state index >= 15 is 0 Å². The zero-order valence-electron chi connectivity index (χ0n) is 13.8. The fourth-order valence-electron chi connectivity index (χ4n) is 3.09. The van der Waals surface area contributed by atoms with Crippen LogP contribution in [-0.4, -0.2) is 29.8 Å². The molecule has 1 aromatic carbocycles. The Kier molecular flexibility index (Phi) is 5.30. The predicted molar refractivity (Wildman–Crippen MR) is 95.9 cm³/mol. The van der Waals surface area contributed by atoms with Gasteiger partial charge >= 0.3 is 0 Å². The van der Waals surface area contributed by atoms with Crippen LogP contribution in [0.3, 0.4) is 0 Å². The molecule has 2 atom stereocenters. The number of nitrogens with zero attached hydrogens (tertiary/aromatic N) is 1. The van der Waals surface area contributed by atoms with Gasteiger partial charge in [-0.25, -0.2) is 0 Å². The molecule has 0 spiro atoms. The molecule has 1 fully saturated rings. The lowest BCUT2D eigenvalue weighted by Gasteiger charge is -2.32. The van der Waals surface area contributed by atoms with E-state index < -0.39 is 0 Å². The second-order valence-electron chi connectivity index (χ2n) is 6.21. The van der Waals surface area contributed by atoms with E-state index in [1.54, 1.807) is 0 Å². The number of nitrogens with one attached hydrogen (secondary N) is 1. The average molecular weight is 342 g/mol. The number of amides is 2. The maximum atomic E-state index is 12.6. The topological polar surface area (TPSA) is 49.4 Å². The highest BCUT2D eigenvalue weighted by Gasteiger charge is 2.29. The second kappa shape index (κ2) is 7.62. The average Bonchev–Trinajstić information content (AvgIpc) is 3.16. The minimum atomic E-state index is -0.131. The molecule has 2 aromatic rings. The summed E-state index contributed by atoms with van der Waals surface area (Å²) < 4.78 is 0. The third kappa shape index (κ3) is 3.85. The van der Waals surface area contributed by atoms with E-state index in [4.69, 9.17) is 0 Å². The van der Waals surface area contributed by atoms with Gasteiger partial charge in [0.1, 0.15) is 0 Å². The van der Waals surface area contributed by atoms with E-state index in [1.165, 1.54) is 11.3 Å². The van der Waals surface area contributed by atoms with Crippen LogP contribution in [-0.2, 0) is 4.79 Å². The van der Waals surface area contributed by atoms with Gasteiger partial charge in [-0.15, -0.1) is 11.3 Å². The molecular formula is C19H22N2O2S. The van der Waals surface area contributed by atoms with Gasteiger partial charge in [-0.2, -0.15) is 0 Å². The molecule has 2 amide bonds. The minimum absolute atomic E-state index is 0.0259. The molecule has 1 aliphatic heterocycles. The van der Waals surface area contributed by atoms with E-state index in [0.29, 0.717) is 6.54 Å². The summed E-state index contributed by atoms with van der Waals surface area (Å²) in [4.78, 5) is 27.6. The lowest BCUT2D eigenvalue weighted by atomic mass is 9.96. The summed E-state index contributed by atoms with van der Waals surface area (Å²) in [5, 5.41) is 4.99. The number of hydrogen-bond acceptors (Lipinski definition) is 3. The van der Waals surface area contributed by atoms with E-state index in [9.17, 15) is 9.59 Å². The Morgan fingerprint density at radius 3 is 2.71 bits per heavy atom. The molecule has 1 aliphatic rings. The molecule has 1 aromatic heterocycles. The molecular weight excluding hydrogens is 320 g/mol. The van der Waals surface area contributed by atoms with E-state index in [1.807, 2.05) is 59.7 Å². The van der Waals surface area contributed by atoms with Crippen LogP contribution < -0.4 is 5.32 Å². The van der Waals surface area contributed by atoms with Gasteiger partial charge in [0, 0.05) is 13.1 Å². The van der Waals surface area contributed by atoms with Crippen LogP contribution in [0.1, 0.15) is 41.0 Å². The molecule has 2 heterocycles. The number of rotatable bonds is 4. The van der Waals surface area contributed by atoms with Crippen molar-refractivity contribution in [2.75, 3.05) is 13.1 Å². The van der Waals surface area contributed by atoms with Crippen molar-refractivity contribution in [1.82, 2.24) is 10.2 Å². The van der Waals surface area contributed by atoms with Gasteiger partial charge in [0.25, 0.3) is 5.91 Å². The van der Waals surface area contributed by atoms with Gasteiger partial charge in [0.05, 0.1) is 16.8 Å². The highest BCUT2D eigenvalue weighted by molar-refractivity contribution is 7.12. The van der Waals surface area contributed by atoms with Gasteiger partial charge < -0.3 is 10.2 Å². The molecule has 0 bridgehead atoms. The Bertz CT molecular complexity index is 685. The summed E-state index contributed by atoms with van der Waals surface area (Å²) >= 11 is 1.45. The Morgan fingerprint density at radius 2 is 2.00 bits per heavy atom. The van der Waals surface area contributed by atoms with Crippen molar-refractivity contribution in [3.63, 3.8) is 0 Å². The molecule has 5 heteroatoms. The lowest BCUT2D eigenvalue weighted by molar-refractivity contribution is -0.127. The molecule has 0 saturated carbocycles. The molecule has 24 heavy (non-hydrogen) atoms. The first-order valence-electron chi connectivity index (χ1n) is 8.33. The van der Waals surface area contributed by atoms with Gasteiger partial charge in [0.15, 0.2) is 0 Å². The number of carbonyl (C=O) groups excluding carboxylic acids is 2. The SMILES string of the molecule is CC(NC(=O)C1CCCN(C(=O)c2cccs2)C1)c1ccccc1. The molecule has 4 nitrogen and oxygen atoms in total. The maximum absolute atomic E-state index is 12.6. The van der Waals surface area contributed by atoms with Crippen LogP contribution in [0.2, 0.25) is 0 Å². The van der Waals surface area contributed by atoms with Crippen LogP contribution in [0.25, 0.3) is 0 Å². The van der Waals surface area contributed by atoms with Crippen molar-refractivity contribution in [3.8, 4) is 0 Å². The predicted octanol–water partition coefficient (Wildman–Crippen LogP) is 3.48. The second-order valence-corrected chi connectivity index (χ2v) is 7.16. The van der Waals surface area contributed by atoms with Crippen molar-refractivity contribution >= 4 is 23.2 Å². The normalized spacial score (nSPS) is 18.9. The summed E-state index contributed by atoms with van der Waals surface area (Å²) in [5.74, 6) is -0.0533. The molecule has 2 unspecified atom stereocenters. The minimum Gasteiger partial charge on any atom is -0.349 e. The molecule has 3 rings (SSSR count). The van der Waals surface area contributed by atoms with Gasteiger partial charge in [-0.05, 0) is 36.8 Å². The van der Waals surface area contributed by atoms with Crippen molar-refractivity contribution in [2.24, 2.45) is 5.92 Å². The largest absolute Gasteiger partial charge is 0.349 e. The zero-order valence-corrected chi connectivity index (χ0v) is 14.6. The van der Waals surface area contributed by atoms with Crippen LogP contribution in [0.5, 0.6) is 0 Å². The molecule has 0 radical (unpaired) electrons. The first-order chi connectivity index (χ1) is 11.6. The number of thiophene rings is 1. The monoisotopic (exact) mass is 342 g/mol. The molecule has 0 aliphatic carbocycles. The standard InChI is InChI=1S/C19H22N2O2S/c1-14(15-7-3-2-4-8-15)20-18(22)16-9-5-11-21(13-16)19(23)17-10-6-12-24-17/h2-4,6-8,10,12,14,16H,5,9,11,13H2,1H3,(H,20,22). The number of hydrogen-bond donors (Lipinski definition) is 1. The van der Waals surface area contributed by atoms with E-state index in [-0.39, 0.29) is 23.8 Å². The fraction of sp³-hybridized carbons (Fsp3) is 0.368. The van der Waals surface area contributed by atoms with Gasteiger partial charge in [0.2, 0.25) is 5.91 Å². The van der Waals surface area contributed by atoms with Crippen molar-refractivity contribution < 1.29 is 9.59 Å². The summed E-state index contributed by atoms with van der Waals surface area (Å²) in [6.45, 7) is 3.23. The van der Waals surface area contributed by atoms with E-state index in [2.05, 4.69) is 5.32 Å². The van der Waals surface area contributed by atoms with E-state index in [0.717, 1.165) is 29.8 Å². The third-order valence-electron chi connectivity index (χ3n) is 4.47. The van der Waals surface area contributed by atoms with Crippen molar-refractivity contribution in [3.05, 3.63) is 58.3 Å². The number of likely N-dealkylation sites (tertiary alicyclic amines) is 1. The van der Waals surface area contributed by atoms with Crippen LogP contribution >= 0.6 is 11.3 Å². The van der Waals surface area contributed by atoms with Crippen molar-refractivity contribution in [1.29, 1.82) is 0 Å². The highest BCUT2D eigenvalue weighted by atomic mass is 32.1. The third-order valence-corrected chi connectivity index (χ3v) is 5.33. The Hall–Kier alpha value is -2.14. The maximum Gasteiger partial charge on any atom is 0.263 e. The molecule has 126 valence electrons.